The zero-order chi connectivity index (χ0) is 9.43. The van der Waals surface area contributed by atoms with E-state index in [9.17, 15) is 4.39 Å². The van der Waals surface area contributed by atoms with Crippen LogP contribution in [0, 0.1) is 5.82 Å². The molecule has 0 bridgehead atoms. The van der Waals surface area contributed by atoms with E-state index < -0.39 is 4.01 Å². The van der Waals surface area contributed by atoms with Crippen LogP contribution in [-0.4, -0.2) is 0 Å². The number of benzene rings is 1. The molecule has 0 aliphatic rings. The van der Waals surface area contributed by atoms with E-state index in [4.69, 9.17) is 45.0 Å². The van der Waals surface area contributed by atoms with E-state index in [0.29, 0.717) is 5.30 Å². The normalized spacial score (nSPS) is 15.2. The third-order valence-electron chi connectivity index (χ3n) is 1.22. The van der Waals surface area contributed by atoms with Gasteiger partial charge in [-0.25, -0.2) is 0 Å². The molecule has 12 heavy (non-hydrogen) atoms. The van der Waals surface area contributed by atoms with Crippen LogP contribution in [0.1, 0.15) is 0 Å². The molecule has 0 saturated carbocycles. The SMILES string of the molecule is Fc1ccc(P(Cl)(Cl)(Cl)Cl)cc1. The Hall–Kier alpha value is 0.740. The zero-order valence-corrected chi connectivity index (χ0v) is 9.56. The van der Waals surface area contributed by atoms with E-state index in [2.05, 4.69) is 0 Å². The fourth-order valence-corrected chi connectivity index (χ4v) is 2.62. The van der Waals surface area contributed by atoms with Crippen molar-refractivity contribution in [3.8, 4) is 0 Å². The monoisotopic (exact) mass is 266 g/mol. The average molecular weight is 268 g/mol. The summed E-state index contributed by atoms with van der Waals surface area (Å²) in [4.78, 5) is 0. The summed E-state index contributed by atoms with van der Waals surface area (Å²) in [7, 11) is 0. The van der Waals surface area contributed by atoms with Crippen molar-refractivity contribution in [1.29, 1.82) is 0 Å². The second-order valence-corrected chi connectivity index (χ2v) is 15.4. The molecule has 0 unspecified atom stereocenters. The van der Waals surface area contributed by atoms with Gasteiger partial charge in [0, 0.05) is 0 Å². The molecule has 0 aliphatic heterocycles. The van der Waals surface area contributed by atoms with Gasteiger partial charge >= 0.3 is 88.8 Å². The van der Waals surface area contributed by atoms with Crippen LogP contribution in [0.3, 0.4) is 0 Å². The standard InChI is InChI=1S/C6H4Cl4FP/c7-12(8,9,10)6-3-1-5(11)2-4-6/h1-4H. The van der Waals surface area contributed by atoms with Crippen LogP contribution in [0.2, 0.25) is 0 Å². The Morgan fingerprint density at radius 3 is 1.67 bits per heavy atom. The van der Waals surface area contributed by atoms with Gasteiger partial charge < -0.3 is 0 Å². The molecule has 0 fully saturated rings. The van der Waals surface area contributed by atoms with Gasteiger partial charge in [0.1, 0.15) is 0 Å². The van der Waals surface area contributed by atoms with Gasteiger partial charge in [0.25, 0.3) is 0 Å². The van der Waals surface area contributed by atoms with Crippen LogP contribution in [0.25, 0.3) is 0 Å². The van der Waals surface area contributed by atoms with Crippen molar-refractivity contribution in [3.63, 3.8) is 0 Å². The first-order valence-corrected chi connectivity index (χ1v) is 8.77. The molecule has 0 spiro atoms. The molecule has 0 radical (unpaired) electrons. The summed E-state index contributed by atoms with van der Waals surface area (Å²) < 4.78 is 8.65. The van der Waals surface area contributed by atoms with Crippen molar-refractivity contribution in [2.75, 3.05) is 0 Å². The van der Waals surface area contributed by atoms with Crippen molar-refractivity contribution in [3.05, 3.63) is 30.1 Å². The molecule has 0 nitrogen and oxygen atoms in total. The van der Waals surface area contributed by atoms with Gasteiger partial charge in [-0.15, -0.1) is 0 Å². The molecule has 6 heteroatoms. The van der Waals surface area contributed by atoms with Gasteiger partial charge in [0.05, 0.1) is 0 Å². The Bertz CT molecular complexity index is 279. The Balaban J connectivity index is 3.15. The van der Waals surface area contributed by atoms with Crippen LogP contribution < -0.4 is 5.30 Å². The minimum absolute atomic E-state index is 0.342. The second kappa shape index (κ2) is 3.15. The molecule has 0 aromatic heterocycles. The van der Waals surface area contributed by atoms with Crippen molar-refractivity contribution >= 4 is 54.3 Å². The van der Waals surface area contributed by atoms with Gasteiger partial charge in [-0.05, 0) is 0 Å². The minimum atomic E-state index is -3.79. The Labute approximate surface area is 88.6 Å². The molecule has 0 atom stereocenters. The summed E-state index contributed by atoms with van der Waals surface area (Å²) >= 11 is 22.7. The third kappa shape index (κ3) is 2.90. The van der Waals surface area contributed by atoms with E-state index in [1.54, 1.807) is 0 Å². The summed E-state index contributed by atoms with van der Waals surface area (Å²) in [5, 5.41) is 0.342. The summed E-state index contributed by atoms with van der Waals surface area (Å²) in [6.45, 7) is 0. The summed E-state index contributed by atoms with van der Waals surface area (Å²) in [5.74, 6) is -0.388. The number of halogens is 5. The molecule has 68 valence electrons. The molecule has 0 heterocycles. The molecule has 0 amide bonds. The van der Waals surface area contributed by atoms with Gasteiger partial charge in [-0.1, -0.05) is 0 Å². The first kappa shape index (κ1) is 10.8. The van der Waals surface area contributed by atoms with Crippen molar-refractivity contribution in [2.45, 2.75) is 0 Å². The second-order valence-electron chi connectivity index (χ2n) is 2.20. The van der Waals surface area contributed by atoms with E-state index in [1.165, 1.54) is 24.3 Å². The van der Waals surface area contributed by atoms with E-state index in [1.807, 2.05) is 0 Å². The predicted octanol–water partition coefficient (Wildman–Crippen LogP) is 4.62. The Morgan fingerprint density at radius 2 is 1.33 bits per heavy atom. The average Bonchev–Trinajstić information content (AvgIpc) is 1.84. The fraction of sp³-hybridized carbons (Fsp3) is 0. The molecular formula is C6H4Cl4FP. The fourth-order valence-electron chi connectivity index (χ4n) is 0.666. The van der Waals surface area contributed by atoms with Gasteiger partial charge in [0.15, 0.2) is 0 Å². The van der Waals surface area contributed by atoms with E-state index in [-0.39, 0.29) is 5.82 Å². The van der Waals surface area contributed by atoms with Crippen LogP contribution in [-0.2, 0) is 0 Å². The van der Waals surface area contributed by atoms with Gasteiger partial charge in [-0.3, -0.25) is 0 Å². The first-order valence-electron chi connectivity index (χ1n) is 2.91. The summed E-state index contributed by atoms with van der Waals surface area (Å²) in [6.07, 6.45) is 0. The molecule has 1 rings (SSSR count). The van der Waals surface area contributed by atoms with Crippen molar-refractivity contribution in [1.82, 2.24) is 0 Å². The summed E-state index contributed by atoms with van der Waals surface area (Å²) in [6, 6.07) is 5.14. The third-order valence-corrected chi connectivity index (χ3v) is 4.64. The van der Waals surface area contributed by atoms with Crippen molar-refractivity contribution in [2.24, 2.45) is 0 Å². The molecular weight excluding hydrogens is 264 g/mol. The van der Waals surface area contributed by atoms with Crippen LogP contribution in [0.15, 0.2) is 24.3 Å². The molecule has 1 aromatic carbocycles. The zero-order valence-electron chi connectivity index (χ0n) is 5.65. The number of hydrogen-bond donors (Lipinski definition) is 0. The molecule has 1 aromatic rings. The first-order chi connectivity index (χ1) is 5.26. The maximum absolute atomic E-state index is 12.4. The molecule has 0 N–H and O–H groups in total. The van der Waals surface area contributed by atoms with Gasteiger partial charge in [-0.2, -0.15) is 0 Å². The Kier molecular flexibility index (Phi) is 2.84. The predicted molar refractivity (Wildman–Crippen MR) is 56.4 cm³/mol. The Morgan fingerprint density at radius 1 is 0.917 bits per heavy atom. The van der Waals surface area contributed by atoms with Crippen LogP contribution >= 0.6 is 49.0 Å². The number of hydrogen-bond acceptors (Lipinski definition) is 0. The van der Waals surface area contributed by atoms with Crippen molar-refractivity contribution < 1.29 is 4.39 Å². The molecule has 0 aliphatic carbocycles. The van der Waals surface area contributed by atoms with Crippen LogP contribution in [0.5, 0.6) is 0 Å². The number of rotatable bonds is 1. The van der Waals surface area contributed by atoms with E-state index >= 15 is 0 Å². The van der Waals surface area contributed by atoms with E-state index in [0.717, 1.165) is 0 Å². The topological polar surface area (TPSA) is 0 Å². The van der Waals surface area contributed by atoms with Crippen LogP contribution in [0.4, 0.5) is 4.39 Å². The maximum atomic E-state index is 12.4. The summed E-state index contributed by atoms with van der Waals surface area (Å²) in [5.41, 5.74) is 0. The molecule has 0 saturated heterocycles. The quantitative estimate of drug-likeness (QED) is 0.652. The van der Waals surface area contributed by atoms with Gasteiger partial charge in [0.2, 0.25) is 0 Å².